The molecule has 256 valence electrons. The second-order valence-electron chi connectivity index (χ2n) is 11.8. The lowest BCUT2D eigenvalue weighted by atomic mass is 9.97. The summed E-state index contributed by atoms with van der Waals surface area (Å²) in [5, 5.41) is -1.09. The van der Waals surface area contributed by atoms with Crippen LogP contribution in [0.1, 0.15) is 37.3 Å². The molecule has 0 unspecified atom stereocenters. The fraction of sp³-hybridized carbons (Fsp3) is 0.150. The lowest BCUT2D eigenvalue weighted by molar-refractivity contribution is -0.187. The summed E-state index contributed by atoms with van der Waals surface area (Å²) in [5.74, 6) is -10.7. The van der Waals surface area contributed by atoms with Crippen LogP contribution in [-0.4, -0.2) is 0 Å². The highest BCUT2D eigenvalue weighted by molar-refractivity contribution is 5.89. The first-order valence-electron chi connectivity index (χ1n) is 15.7. The quantitative estimate of drug-likeness (QED) is 0.0788. The molecule has 10 heteroatoms. The van der Waals surface area contributed by atoms with Crippen molar-refractivity contribution in [2.45, 2.75) is 38.7 Å². The predicted octanol–water partition coefficient (Wildman–Crippen LogP) is 12.7. The second kappa shape index (κ2) is 13.9. The SMILES string of the molecule is CCCCCc1ccc(-c2ccc(C(F)(F)Oc3ccc(-c4ccc(-c5cc(F)c6c(F)c(F)c(F)cc6c5)c(F)c4)cc3)c(F)c2F)cc1. The number of unbranched alkanes of at least 4 members (excludes halogenated alkanes) is 2. The van der Waals surface area contributed by atoms with E-state index in [1.807, 2.05) is 0 Å². The summed E-state index contributed by atoms with van der Waals surface area (Å²) in [4.78, 5) is 0. The van der Waals surface area contributed by atoms with Crippen LogP contribution in [0.3, 0.4) is 0 Å². The predicted molar refractivity (Wildman–Crippen MR) is 174 cm³/mol. The third-order valence-corrected chi connectivity index (χ3v) is 8.47. The van der Waals surface area contributed by atoms with E-state index in [-0.39, 0.29) is 33.4 Å². The van der Waals surface area contributed by atoms with Gasteiger partial charge in [0.15, 0.2) is 29.1 Å². The molecule has 50 heavy (non-hydrogen) atoms. The summed E-state index contributed by atoms with van der Waals surface area (Å²) < 4.78 is 136. The van der Waals surface area contributed by atoms with Crippen molar-refractivity contribution in [3.05, 3.63) is 149 Å². The van der Waals surface area contributed by atoms with Gasteiger partial charge in [-0.2, -0.15) is 8.78 Å². The van der Waals surface area contributed by atoms with E-state index in [2.05, 4.69) is 6.92 Å². The molecule has 0 aliphatic rings. The molecule has 0 heterocycles. The van der Waals surface area contributed by atoms with E-state index in [0.717, 1.165) is 73.7 Å². The van der Waals surface area contributed by atoms with Crippen LogP contribution in [0.4, 0.5) is 39.5 Å². The standard InChI is InChI=1S/C40H27F9O/c1-2-3-4-5-22-6-8-24(9-7-22)30-16-17-31(37(45)36(30)44)40(48,49)50-28-13-10-23(11-14-28)25-12-15-29(32(41)19-25)26-18-27-21-34(43)38(46)39(47)35(27)33(42)20-26/h6-21H,2-5H2,1H3. The zero-order chi connectivity index (χ0) is 35.7. The molecule has 0 saturated carbocycles. The van der Waals surface area contributed by atoms with E-state index in [1.54, 1.807) is 24.3 Å². The number of ether oxygens (including phenoxy) is 1. The molecule has 0 amide bonds. The Kier molecular flexibility index (Phi) is 9.64. The zero-order valence-corrected chi connectivity index (χ0v) is 26.4. The minimum absolute atomic E-state index is 0.0668. The topological polar surface area (TPSA) is 9.23 Å². The largest absolute Gasteiger partial charge is 0.429 e. The number of hydrogen-bond donors (Lipinski definition) is 0. The molecular weight excluding hydrogens is 667 g/mol. The van der Waals surface area contributed by atoms with Gasteiger partial charge in [0.25, 0.3) is 0 Å². The van der Waals surface area contributed by atoms with Crippen LogP contribution in [-0.2, 0) is 12.5 Å². The van der Waals surface area contributed by atoms with Gasteiger partial charge in [0.2, 0.25) is 0 Å². The van der Waals surface area contributed by atoms with E-state index in [9.17, 15) is 17.6 Å². The normalized spacial score (nSPS) is 11.7. The van der Waals surface area contributed by atoms with Gasteiger partial charge in [0.05, 0.1) is 5.39 Å². The van der Waals surface area contributed by atoms with Crippen LogP contribution in [0.5, 0.6) is 5.75 Å². The van der Waals surface area contributed by atoms with Crippen molar-refractivity contribution in [3.63, 3.8) is 0 Å². The summed E-state index contributed by atoms with van der Waals surface area (Å²) >= 11 is 0. The minimum atomic E-state index is -4.26. The van der Waals surface area contributed by atoms with Crippen LogP contribution in [0.25, 0.3) is 44.2 Å². The molecule has 0 bridgehead atoms. The molecule has 0 aromatic heterocycles. The number of alkyl halides is 2. The monoisotopic (exact) mass is 694 g/mol. The molecule has 0 atom stereocenters. The van der Waals surface area contributed by atoms with Crippen LogP contribution in [0.2, 0.25) is 0 Å². The molecule has 6 aromatic rings. The van der Waals surface area contributed by atoms with Crippen molar-refractivity contribution < 1.29 is 44.3 Å². The Bertz CT molecular complexity index is 2190. The van der Waals surface area contributed by atoms with Gasteiger partial charge in [0, 0.05) is 11.1 Å². The first-order chi connectivity index (χ1) is 23.9. The van der Waals surface area contributed by atoms with Crippen LogP contribution in [0, 0.1) is 40.7 Å². The average molecular weight is 695 g/mol. The first-order valence-corrected chi connectivity index (χ1v) is 15.7. The number of halogens is 9. The maximum atomic E-state index is 15.2. The fourth-order valence-electron chi connectivity index (χ4n) is 5.82. The number of fused-ring (bicyclic) bond motifs is 1. The molecule has 0 radical (unpaired) electrons. The zero-order valence-electron chi connectivity index (χ0n) is 26.4. The molecule has 1 nitrogen and oxygen atoms in total. The highest BCUT2D eigenvalue weighted by Gasteiger charge is 2.39. The summed E-state index contributed by atoms with van der Waals surface area (Å²) in [7, 11) is 0. The van der Waals surface area contributed by atoms with Gasteiger partial charge >= 0.3 is 6.11 Å². The van der Waals surface area contributed by atoms with Gasteiger partial charge in [-0.05, 0) is 88.5 Å². The Morgan fingerprint density at radius 1 is 0.520 bits per heavy atom. The summed E-state index contributed by atoms with van der Waals surface area (Å²) in [6, 6.07) is 19.9. The number of rotatable bonds is 10. The molecule has 0 N–H and O–H groups in total. The van der Waals surface area contributed by atoms with Gasteiger partial charge in [0.1, 0.15) is 22.9 Å². The van der Waals surface area contributed by atoms with E-state index in [1.165, 1.54) is 24.3 Å². The van der Waals surface area contributed by atoms with Crippen molar-refractivity contribution in [1.29, 1.82) is 0 Å². The van der Waals surface area contributed by atoms with Gasteiger partial charge in [-0.1, -0.05) is 74.4 Å². The van der Waals surface area contributed by atoms with Crippen LogP contribution >= 0.6 is 0 Å². The van der Waals surface area contributed by atoms with Crippen molar-refractivity contribution in [1.82, 2.24) is 0 Å². The van der Waals surface area contributed by atoms with Gasteiger partial charge in [-0.25, -0.2) is 30.7 Å². The first kappa shape index (κ1) is 34.6. The van der Waals surface area contributed by atoms with E-state index in [0.29, 0.717) is 17.2 Å². The highest BCUT2D eigenvalue weighted by atomic mass is 19.3. The maximum Gasteiger partial charge on any atom is 0.429 e. The number of aryl methyl sites for hydroxylation is 1. The Hall–Kier alpha value is -5.25. The Labute approximate surface area is 281 Å². The molecular formula is C40H27F9O. The number of hydrogen-bond acceptors (Lipinski definition) is 1. The van der Waals surface area contributed by atoms with E-state index >= 15 is 22.0 Å². The molecule has 0 saturated heterocycles. The van der Waals surface area contributed by atoms with Gasteiger partial charge < -0.3 is 4.74 Å². The lowest BCUT2D eigenvalue weighted by Gasteiger charge is -2.20. The van der Waals surface area contributed by atoms with Gasteiger partial charge in [-0.3, -0.25) is 0 Å². The molecule has 0 aliphatic heterocycles. The van der Waals surface area contributed by atoms with Crippen molar-refractivity contribution in [2.75, 3.05) is 0 Å². The number of benzene rings is 6. The van der Waals surface area contributed by atoms with Gasteiger partial charge in [-0.15, -0.1) is 0 Å². The molecule has 6 rings (SSSR count). The van der Waals surface area contributed by atoms with Crippen molar-refractivity contribution in [3.8, 4) is 39.1 Å². The Balaban J connectivity index is 1.19. The van der Waals surface area contributed by atoms with E-state index < -0.39 is 57.8 Å². The minimum Gasteiger partial charge on any atom is -0.429 e. The lowest BCUT2D eigenvalue weighted by Crippen LogP contribution is -2.24. The molecule has 0 spiro atoms. The molecule has 0 fully saturated rings. The Morgan fingerprint density at radius 2 is 1.16 bits per heavy atom. The maximum absolute atomic E-state index is 15.2. The third kappa shape index (κ3) is 6.79. The fourth-order valence-corrected chi connectivity index (χ4v) is 5.82. The Morgan fingerprint density at radius 3 is 1.84 bits per heavy atom. The van der Waals surface area contributed by atoms with Crippen molar-refractivity contribution >= 4 is 10.8 Å². The third-order valence-electron chi connectivity index (χ3n) is 8.47. The highest BCUT2D eigenvalue weighted by Crippen LogP contribution is 2.38. The molecule has 6 aromatic carbocycles. The second-order valence-corrected chi connectivity index (χ2v) is 11.8. The summed E-state index contributed by atoms with van der Waals surface area (Å²) in [5.41, 5.74) is 0.343. The summed E-state index contributed by atoms with van der Waals surface area (Å²) in [6.07, 6.45) is -0.292. The summed E-state index contributed by atoms with van der Waals surface area (Å²) in [6.45, 7) is 2.09. The van der Waals surface area contributed by atoms with E-state index in [4.69, 9.17) is 4.74 Å². The molecule has 0 aliphatic carbocycles. The van der Waals surface area contributed by atoms with Crippen molar-refractivity contribution in [2.24, 2.45) is 0 Å². The smallest absolute Gasteiger partial charge is 0.429 e. The van der Waals surface area contributed by atoms with Crippen LogP contribution in [0.15, 0.2) is 97.1 Å². The van der Waals surface area contributed by atoms with Crippen LogP contribution < -0.4 is 4.74 Å². The average Bonchev–Trinajstić information content (AvgIpc) is 3.08.